The summed E-state index contributed by atoms with van der Waals surface area (Å²) < 4.78 is 1.91. The van der Waals surface area contributed by atoms with Crippen molar-refractivity contribution in [3.05, 3.63) is 45.7 Å². The Morgan fingerprint density at radius 2 is 2.05 bits per heavy atom. The fraction of sp³-hybridized carbons (Fsp3) is 0.438. The van der Waals surface area contributed by atoms with Crippen molar-refractivity contribution in [3.63, 3.8) is 0 Å². The summed E-state index contributed by atoms with van der Waals surface area (Å²) in [4.78, 5) is 0.894. The Bertz CT molecular complexity index is 776. The molecule has 0 aliphatic carbocycles. The lowest BCUT2D eigenvalue weighted by Gasteiger charge is -2.03. The van der Waals surface area contributed by atoms with Gasteiger partial charge >= 0.3 is 0 Å². The Hall–Kier alpha value is -1.40. The molecule has 0 amide bonds. The number of benzene rings is 1. The van der Waals surface area contributed by atoms with Gasteiger partial charge in [0.1, 0.15) is 5.01 Å². The zero-order valence-corrected chi connectivity index (χ0v) is 14.8. The van der Waals surface area contributed by atoms with E-state index in [1.165, 1.54) is 23.1 Å². The summed E-state index contributed by atoms with van der Waals surface area (Å²) >= 11 is 3.52. The third-order valence-corrected chi connectivity index (χ3v) is 5.66. The van der Waals surface area contributed by atoms with Crippen LogP contribution >= 0.6 is 23.1 Å². The molecule has 0 saturated heterocycles. The van der Waals surface area contributed by atoms with Crippen molar-refractivity contribution in [1.29, 1.82) is 0 Å². The Morgan fingerprint density at radius 3 is 2.82 bits per heavy atom. The lowest BCUT2D eigenvalue weighted by Crippen LogP contribution is -1.96. The van der Waals surface area contributed by atoms with Gasteiger partial charge in [-0.25, -0.2) is 0 Å². The molecule has 2 aromatic heterocycles. The second kappa shape index (κ2) is 6.79. The van der Waals surface area contributed by atoms with Crippen LogP contribution < -0.4 is 0 Å². The summed E-state index contributed by atoms with van der Waals surface area (Å²) in [7, 11) is 0. The van der Waals surface area contributed by atoms with Crippen LogP contribution in [0.5, 0.6) is 0 Å². The van der Waals surface area contributed by atoms with Crippen LogP contribution in [0.2, 0.25) is 0 Å². The highest BCUT2D eigenvalue weighted by Gasteiger charge is 2.12. The maximum atomic E-state index is 4.70. The van der Waals surface area contributed by atoms with Gasteiger partial charge in [-0.3, -0.25) is 0 Å². The molecule has 0 aliphatic heterocycles. The quantitative estimate of drug-likeness (QED) is 0.639. The van der Waals surface area contributed by atoms with E-state index in [-0.39, 0.29) is 0 Å². The highest BCUT2D eigenvalue weighted by atomic mass is 32.2. The van der Waals surface area contributed by atoms with Crippen molar-refractivity contribution >= 4 is 28.1 Å². The third kappa shape index (κ3) is 3.33. The molecule has 0 spiro atoms. The topological polar surface area (TPSA) is 43.1 Å². The highest BCUT2D eigenvalue weighted by Crippen LogP contribution is 2.20. The first-order chi connectivity index (χ1) is 10.7. The van der Waals surface area contributed by atoms with Gasteiger partial charge in [-0.1, -0.05) is 36.5 Å². The van der Waals surface area contributed by atoms with E-state index in [9.17, 15) is 0 Å². The highest BCUT2D eigenvalue weighted by molar-refractivity contribution is 7.98. The summed E-state index contributed by atoms with van der Waals surface area (Å²) in [5.41, 5.74) is 3.96. The smallest absolute Gasteiger partial charge is 0.186 e. The first-order valence-corrected chi connectivity index (χ1v) is 9.48. The van der Waals surface area contributed by atoms with Crippen molar-refractivity contribution in [2.24, 2.45) is 0 Å². The second-order valence-electron chi connectivity index (χ2n) is 5.45. The summed E-state index contributed by atoms with van der Waals surface area (Å²) in [6.45, 7) is 6.49. The molecule has 0 unspecified atom stereocenters. The average molecular weight is 332 g/mol. The molecule has 0 saturated carbocycles. The summed E-state index contributed by atoms with van der Waals surface area (Å²) in [6, 6.07) is 6.61. The van der Waals surface area contributed by atoms with Gasteiger partial charge in [0.05, 0.1) is 5.75 Å². The number of aromatic nitrogens is 4. The normalized spacial score (nSPS) is 11.4. The largest absolute Gasteiger partial charge is 0.234 e. The van der Waals surface area contributed by atoms with Gasteiger partial charge in [0.15, 0.2) is 5.82 Å². The first kappa shape index (κ1) is 15.5. The van der Waals surface area contributed by atoms with Gasteiger partial charge in [-0.15, -0.1) is 10.2 Å². The van der Waals surface area contributed by atoms with Crippen LogP contribution in [0.3, 0.4) is 0 Å². The van der Waals surface area contributed by atoms with Gasteiger partial charge < -0.3 is 0 Å². The van der Waals surface area contributed by atoms with E-state index < -0.39 is 0 Å². The van der Waals surface area contributed by atoms with E-state index in [0.717, 1.165) is 33.7 Å². The number of fused-ring (bicyclic) bond motifs is 1. The molecule has 0 bridgehead atoms. The van der Waals surface area contributed by atoms with Crippen LogP contribution in [0.15, 0.2) is 18.2 Å². The molecule has 0 radical (unpaired) electrons. The van der Waals surface area contributed by atoms with Crippen LogP contribution in [-0.4, -0.2) is 25.6 Å². The molecule has 0 aliphatic rings. The van der Waals surface area contributed by atoms with E-state index >= 15 is 0 Å². The van der Waals surface area contributed by atoms with Crippen molar-refractivity contribution in [2.75, 3.05) is 5.75 Å². The number of thioether (sulfide) groups is 1. The molecular formula is C16H20N4S2. The monoisotopic (exact) mass is 332 g/mol. The maximum Gasteiger partial charge on any atom is 0.234 e. The molecule has 0 N–H and O–H groups in total. The molecule has 116 valence electrons. The molecule has 0 atom stereocenters. The Labute approximate surface area is 139 Å². The maximum absolute atomic E-state index is 4.70. The van der Waals surface area contributed by atoms with Crippen molar-refractivity contribution in [2.45, 2.75) is 39.4 Å². The molecule has 1 aromatic carbocycles. The van der Waals surface area contributed by atoms with Crippen LogP contribution in [-0.2, 0) is 12.2 Å². The molecule has 4 nitrogen and oxygen atoms in total. The molecule has 22 heavy (non-hydrogen) atoms. The van der Waals surface area contributed by atoms with E-state index in [2.05, 4.69) is 49.2 Å². The van der Waals surface area contributed by atoms with Crippen molar-refractivity contribution in [1.82, 2.24) is 19.8 Å². The van der Waals surface area contributed by atoms with Crippen LogP contribution in [0.25, 0.3) is 4.96 Å². The van der Waals surface area contributed by atoms with E-state index in [4.69, 9.17) is 5.10 Å². The second-order valence-corrected chi connectivity index (χ2v) is 7.60. The number of nitrogens with zero attached hydrogens (tertiary/aromatic N) is 4. The number of hydrogen-bond donors (Lipinski definition) is 0. The average Bonchev–Trinajstić information content (AvgIpc) is 3.04. The van der Waals surface area contributed by atoms with Crippen molar-refractivity contribution < 1.29 is 0 Å². The minimum atomic E-state index is 0.858. The first-order valence-electron chi connectivity index (χ1n) is 7.51. The fourth-order valence-electron chi connectivity index (χ4n) is 2.25. The molecule has 0 fully saturated rings. The number of rotatable bonds is 6. The summed E-state index contributed by atoms with van der Waals surface area (Å²) in [6.07, 6.45) is 2.04. The third-order valence-electron chi connectivity index (χ3n) is 3.60. The zero-order chi connectivity index (χ0) is 15.5. The van der Waals surface area contributed by atoms with E-state index in [0.29, 0.717) is 0 Å². The molecule has 3 aromatic rings. The van der Waals surface area contributed by atoms with Gasteiger partial charge in [0.25, 0.3) is 0 Å². The van der Waals surface area contributed by atoms with Gasteiger partial charge in [0.2, 0.25) is 4.96 Å². The SMILES string of the molecule is CCCSCc1nnc2sc(Cc3ccc(C)c(C)c3)nn12. The van der Waals surface area contributed by atoms with Gasteiger partial charge in [0, 0.05) is 6.42 Å². The predicted octanol–water partition coefficient (Wildman–Crippen LogP) is 4.04. The van der Waals surface area contributed by atoms with Crippen LogP contribution in [0.1, 0.15) is 40.9 Å². The van der Waals surface area contributed by atoms with E-state index in [1.807, 2.05) is 16.3 Å². The molecular weight excluding hydrogens is 312 g/mol. The van der Waals surface area contributed by atoms with Crippen LogP contribution in [0.4, 0.5) is 0 Å². The van der Waals surface area contributed by atoms with Gasteiger partial charge in [-0.2, -0.15) is 21.4 Å². The Kier molecular flexibility index (Phi) is 4.78. The molecule has 3 rings (SSSR count). The minimum Gasteiger partial charge on any atom is -0.186 e. The fourth-order valence-corrected chi connectivity index (χ4v) is 3.94. The lowest BCUT2D eigenvalue weighted by molar-refractivity contribution is 0.855. The standard InChI is InChI=1S/C16H20N4S2/c1-4-7-21-10-14-17-18-16-20(14)19-15(22-16)9-13-6-5-11(2)12(3)8-13/h5-6,8H,4,7,9-10H2,1-3H3. The Balaban J connectivity index is 1.78. The summed E-state index contributed by atoms with van der Waals surface area (Å²) in [5.74, 6) is 2.98. The minimum absolute atomic E-state index is 0.858. The van der Waals surface area contributed by atoms with Crippen LogP contribution in [0, 0.1) is 13.8 Å². The van der Waals surface area contributed by atoms with Crippen molar-refractivity contribution in [3.8, 4) is 0 Å². The number of hydrogen-bond acceptors (Lipinski definition) is 5. The molecule has 6 heteroatoms. The summed E-state index contributed by atoms with van der Waals surface area (Å²) in [5, 5.41) is 14.3. The van der Waals surface area contributed by atoms with Gasteiger partial charge in [-0.05, 0) is 42.7 Å². The molecule has 2 heterocycles. The van der Waals surface area contributed by atoms with E-state index in [1.54, 1.807) is 11.3 Å². The number of aryl methyl sites for hydroxylation is 2. The Morgan fingerprint density at radius 1 is 1.18 bits per heavy atom. The lowest BCUT2D eigenvalue weighted by atomic mass is 10.0. The predicted molar refractivity (Wildman–Crippen MR) is 93.8 cm³/mol. The zero-order valence-electron chi connectivity index (χ0n) is 13.2.